The molecular weight excluding hydrogens is 421 g/mol. The zero-order valence-electron chi connectivity index (χ0n) is 10.6. The van der Waals surface area contributed by atoms with Gasteiger partial charge in [0.05, 0.1) is 9.83 Å². The largest absolute Gasteiger partial charge is 0.309 e. The van der Waals surface area contributed by atoms with E-state index in [9.17, 15) is 0 Å². The summed E-state index contributed by atoms with van der Waals surface area (Å²) >= 11 is 7.85. The number of aryl methyl sites for hydroxylation is 2. The minimum Gasteiger partial charge on any atom is -0.309 e. The summed E-state index contributed by atoms with van der Waals surface area (Å²) in [6.45, 7) is 4.30. The molecule has 0 saturated carbocycles. The molecule has 1 N–H and O–H groups in total. The summed E-state index contributed by atoms with van der Waals surface area (Å²) in [6.07, 6.45) is 0. The maximum Gasteiger partial charge on any atom is 0.0731 e. The Morgan fingerprint density at radius 3 is 2.56 bits per heavy atom. The van der Waals surface area contributed by atoms with Gasteiger partial charge in [-0.3, -0.25) is 0 Å². The van der Waals surface area contributed by atoms with Crippen molar-refractivity contribution >= 4 is 49.9 Å². The molecule has 0 fully saturated rings. The Bertz CT molecular complexity index is 545. The van der Waals surface area contributed by atoms with E-state index in [1.807, 2.05) is 18.4 Å². The Morgan fingerprint density at radius 2 is 2.00 bits per heavy atom. The van der Waals surface area contributed by atoms with Gasteiger partial charge in [0.25, 0.3) is 0 Å². The van der Waals surface area contributed by atoms with Gasteiger partial charge in [0.1, 0.15) is 0 Å². The smallest absolute Gasteiger partial charge is 0.0731 e. The molecule has 1 atom stereocenters. The van der Waals surface area contributed by atoms with E-state index in [0.29, 0.717) is 0 Å². The molecule has 0 saturated heterocycles. The van der Waals surface area contributed by atoms with Crippen molar-refractivity contribution in [1.29, 1.82) is 0 Å². The molecule has 0 aliphatic heterocycles. The average molecular weight is 436 g/mol. The van der Waals surface area contributed by atoms with Crippen molar-refractivity contribution in [3.05, 3.63) is 53.2 Å². The van der Waals surface area contributed by atoms with Crippen LogP contribution in [-0.2, 0) is 0 Å². The van der Waals surface area contributed by atoms with E-state index < -0.39 is 0 Å². The van der Waals surface area contributed by atoms with Gasteiger partial charge in [0, 0.05) is 8.45 Å². The van der Waals surface area contributed by atoms with Crippen LogP contribution in [0, 0.1) is 17.4 Å². The van der Waals surface area contributed by atoms with Gasteiger partial charge in [0.15, 0.2) is 0 Å². The van der Waals surface area contributed by atoms with Crippen molar-refractivity contribution in [3.63, 3.8) is 0 Å². The molecule has 2 rings (SSSR count). The predicted octanol–water partition coefficient (Wildman–Crippen LogP) is 5.04. The van der Waals surface area contributed by atoms with Crippen molar-refractivity contribution in [2.24, 2.45) is 0 Å². The van der Waals surface area contributed by atoms with Crippen molar-refractivity contribution < 1.29 is 0 Å². The predicted molar refractivity (Wildman–Crippen MR) is 91.6 cm³/mol. The number of thiophene rings is 1. The van der Waals surface area contributed by atoms with E-state index in [-0.39, 0.29) is 6.04 Å². The molecule has 1 aromatic heterocycles. The van der Waals surface area contributed by atoms with Crippen LogP contribution >= 0.6 is 49.9 Å². The van der Waals surface area contributed by atoms with Crippen LogP contribution in [0.2, 0.25) is 0 Å². The highest BCUT2D eigenvalue weighted by Crippen LogP contribution is 2.36. The molecule has 1 unspecified atom stereocenters. The molecule has 18 heavy (non-hydrogen) atoms. The van der Waals surface area contributed by atoms with Gasteiger partial charge < -0.3 is 5.32 Å². The van der Waals surface area contributed by atoms with E-state index >= 15 is 0 Å². The Hall–Kier alpha value is 0.0900. The average Bonchev–Trinajstić information content (AvgIpc) is 2.66. The lowest BCUT2D eigenvalue weighted by atomic mass is 10.0. The van der Waals surface area contributed by atoms with Crippen molar-refractivity contribution in [1.82, 2.24) is 5.32 Å². The molecule has 1 nitrogen and oxygen atoms in total. The zero-order valence-corrected chi connectivity index (χ0v) is 15.1. The highest BCUT2D eigenvalue weighted by atomic mass is 127. The van der Waals surface area contributed by atoms with Crippen LogP contribution < -0.4 is 5.32 Å². The van der Waals surface area contributed by atoms with Gasteiger partial charge in [-0.15, -0.1) is 11.3 Å². The molecular formula is C14H15BrINS. The lowest BCUT2D eigenvalue weighted by molar-refractivity contribution is 0.699. The highest BCUT2D eigenvalue weighted by molar-refractivity contribution is 14.1. The van der Waals surface area contributed by atoms with Gasteiger partial charge in [-0.05, 0) is 82.2 Å². The fourth-order valence-corrected chi connectivity index (χ4v) is 4.34. The maximum atomic E-state index is 3.61. The summed E-state index contributed by atoms with van der Waals surface area (Å²) in [4.78, 5) is 1.35. The van der Waals surface area contributed by atoms with E-state index in [4.69, 9.17) is 0 Å². The molecule has 96 valence electrons. The van der Waals surface area contributed by atoms with Crippen molar-refractivity contribution in [2.75, 3.05) is 7.05 Å². The number of rotatable bonds is 3. The minimum atomic E-state index is 0.270. The zero-order chi connectivity index (χ0) is 13.3. The molecule has 0 amide bonds. The Balaban J connectivity index is 2.48. The maximum absolute atomic E-state index is 3.61. The number of hydrogen-bond acceptors (Lipinski definition) is 2. The summed E-state index contributed by atoms with van der Waals surface area (Å²) in [5.41, 5.74) is 3.99. The Morgan fingerprint density at radius 1 is 1.28 bits per heavy atom. The third-order valence-corrected chi connectivity index (χ3v) is 6.66. The fourth-order valence-electron chi connectivity index (χ4n) is 1.97. The minimum absolute atomic E-state index is 0.270. The van der Waals surface area contributed by atoms with Crippen LogP contribution in [0.1, 0.15) is 27.6 Å². The van der Waals surface area contributed by atoms with E-state index in [2.05, 4.69) is 82.0 Å². The Kier molecular flexibility index (Phi) is 4.86. The summed E-state index contributed by atoms with van der Waals surface area (Å²) < 4.78 is 2.57. The molecule has 4 heteroatoms. The van der Waals surface area contributed by atoms with Crippen LogP contribution in [0.25, 0.3) is 0 Å². The van der Waals surface area contributed by atoms with Crippen molar-refractivity contribution in [3.8, 4) is 0 Å². The fraction of sp³-hybridized carbons (Fsp3) is 0.286. The van der Waals surface area contributed by atoms with Crippen LogP contribution in [0.4, 0.5) is 0 Å². The van der Waals surface area contributed by atoms with Gasteiger partial charge in [-0.25, -0.2) is 0 Å². The van der Waals surface area contributed by atoms with E-state index in [0.717, 1.165) is 0 Å². The third-order valence-electron chi connectivity index (χ3n) is 2.98. The van der Waals surface area contributed by atoms with Gasteiger partial charge in [0.2, 0.25) is 0 Å². The lowest BCUT2D eigenvalue weighted by Gasteiger charge is -2.17. The summed E-state index contributed by atoms with van der Waals surface area (Å²) in [5.74, 6) is 0. The molecule has 0 aliphatic carbocycles. The van der Waals surface area contributed by atoms with E-state index in [1.54, 1.807) is 0 Å². The second-order valence-corrected chi connectivity index (χ2v) is 7.79. The quantitative estimate of drug-likeness (QED) is 0.666. The molecule has 0 radical (unpaired) electrons. The van der Waals surface area contributed by atoms with Gasteiger partial charge in [-0.1, -0.05) is 18.2 Å². The first-order chi connectivity index (χ1) is 8.54. The summed E-state index contributed by atoms with van der Waals surface area (Å²) in [6, 6.07) is 9.03. The molecule has 1 aromatic carbocycles. The molecule has 0 bridgehead atoms. The van der Waals surface area contributed by atoms with Gasteiger partial charge in [-0.2, -0.15) is 0 Å². The molecule has 1 heterocycles. The first-order valence-electron chi connectivity index (χ1n) is 5.72. The first kappa shape index (κ1) is 14.5. The molecule has 0 spiro atoms. The van der Waals surface area contributed by atoms with Crippen LogP contribution in [-0.4, -0.2) is 7.05 Å². The summed E-state index contributed by atoms with van der Waals surface area (Å²) in [5, 5.41) is 3.43. The summed E-state index contributed by atoms with van der Waals surface area (Å²) in [7, 11) is 2.02. The van der Waals surface area contributed by atoms with Crippen LogP contribution in [0.5, 0.6) is 0 Å². The topological polar surface area (TPSA) is 12.0 Å². The molecule has 2 aromatic rings. The second-order valence-electron chi connectivity index (χ2n) is 4.31. The lowest BCUT2D eigenvalue weighted by Crippen LogP contribution is -2.18. The monoisotopic (exact) mass is 435 g/mol. The highest BCUT2D eigenvalue weighted by Gasteiger charge is 2.18. The number of nitrogens with one attached hydrogen (secondary N) is 1. The Labute approximate surface area is 134 Å². The van der Waals surface area contributed by atoms with E-state index in [1.165, 1.54) is 28.9 Å². The third kappa shape index (κ3) is 2.81. The first-order valence-corrected chi connectivity index (χ1v) is 8.41. The normalized spacial score (nSPS) is 12.7. The van der Waals surface area contributed by atoms with Gasteiger partial charge >= 0.3 is 0 Å². The number of hydrogen-bond donors (Lipinski definition) is 1. The number of halogens is 2. The van der Waals surface area contributed by atoms with Crippen LogP contribution in [0.3, 0.4) is 0 Å². The molecule has 0 aliphatic rings. The number of benzene rings is 1. The standard InChI is InChI=1S/C14H15BrINS/c1-8-5-4-6-10(12(8)16)13(17-3)11-7-9(2)14(15)18-11/h4-7,13,17H,1-3H3. The SMILES string of the molecule is CNC(c1cc(C)c(Br)s1)c1cccc(C)c1I. The second kappa shape index (κ2) is 6.03. The van der Waals surface area contributed by atoms with Crippen LogP contribution in [0.15, 0.2) is 28.1 Å². The van der Waals surface area contributed by atoms with Crippen molar-refractivity contribution in [2.45, 2.75) is 19.9 Å².